The minimum atomic E-state index is 0.590. The molecule has 3 aromatic rings. The molecule has 0 amide bonds. The fourth-order valence-corrected chi connectivity index (χ4v) is 2.21. The van der Waals surface area contributed by atoms with E-state index in [0.29, 0.717) is 6.54 Å². The summed E-state index contributed by atoms with van der Waals surface area (Å²) in [5, 5.41) is 6.53. The molecular weight excluding hydrogens is 276 g/mol. The van der Waals surface area contributed by atoms with Gasteiger partial charge in [-0.2, -0.15) is 0 Å². The normalized spacial score (nSPS) is 10.5. The van der Waals surface area contributed by atoms with Crippen molar-refractivity contribution in [2.75, 3.05) is 10.6 Å². The molecule has 22 heavy (non-hydrogen) atoms. The van der Waals surface area contributed by atoms with Crippen LogP contribution in [0, 0.1) is 13.8 Å². The first-order valence-electron chi connectivity index (χ1n) is 7.13. The number of benzene rings is 1. The number of rotatable bonds is 5. The summed E-state index contributed by atoms with van der Waals surface area (Å²) in [5.41, 5.74) is 3.47. The van der Waals surface area contributed by atoms with Gasteiger partial charge < -0.3 is 15.1 Å². The molecule has 0 fully saturated rings. The van der Waals surface area contributed by atoms with Gasteiger partial charge in [-0.15, -0.1) is 0 Å². The Bertz CT molecular complexity index is 753. The van der Waals surface area contributed by atoms with E-state index in [2.05, 4.69) is 52.6 Å². The molecule has 2 aromatic heterocycles. The van der Waals surface area contributed by atoms with Crippen molar-refractivity contribution in [3.63, 3.8) is 0 Å². The predicted molar refractivity (Wildman–Crippen MR) is 87.3 cm³/mol. The van der Waals surface area contributed by atoms with Gasteiger partial charge in [0.15, 0.2) is 0 Å². The predicted octanol–water partition coefficient (Wildman–Crippen LogP) is 4.04. The zero-order valence-electron chi connectivity index (χ0n) is 12.6. The lowest BCUT2D eigenvalue weighted by atomic mass is 10.1. The second kappa shape index (κ2) is 6.30. The molecule has 1 aromatic carbocycles. The Balaban J connectivity index is 1.70. The second-order valence-corrected chi connectivity index (χ2v) is 5.16. The summed E-state index contributed by atoms with van der Waals surface area (Å²) in [6.45, 7) is 4.75. The third kappa shape index (κ3) is 3.44. The van der Waals surface area contributed by atoms with Crippen molar-refractivity contribution in [1.29, 1.82) is 0 Å². The highest BCUT2D eigenvalue weighted by Gasteiger charge is 2.03. The Labute approximate surface area is 129 Å². The Kier molecular flexibility index (Phi) is 4.05. The Morgan fingerprint density at radius 2 is 1.91 bits per heavy atom. The van der Waals surface area contributed by atoms with Gasteiger partial charge in [0.2, 0.25) is 0 Å². The van der Waals surface area contributed by atoms with Gasteiger partial charge in [0.25, 0.3) is 0 Å². The highest BCUT2D eigenvalue weighted by molar-refractivity contribution is 5.62. The summed E-state index contributed by atoms with van der Waals surface area (Å²) in [6, 6.07) is 11.9. The van der Waals surface area contributed by atoms with Crippen molar-refractivity contribution in [2.45, 2.75) is 20.4 Å². The molecule has 0 spiro atoms. The van der Waals surface area contributed by atoms with Crippen molar-refractivity contribution >= 4 is 17.3 Å². The summed E-state index contributed by atoms with van der Waals surface area (Å²) >= 11 is 0. The number of nitrogens with zero attached hydrogens (tertiary/aromatic N) is 2. The lowest BCUT2D eigenvalue weighted by molar-refractivity contribution is 0.518. The number of aromatic nitrogens is 2. The Hall–Kier alpha value is -2.82. The van der Waals surface area contributed by atoms with E-state index in [-0.39, 0.29) is 0 Å². The summed E-state index contributed by atoms with van der Waals surface area (Å²) in [5.74, 6) is 2.37. The van der Waals surface area contributed by atoms with Crippen LogP contribution in [0.4, 0.5) is 17.3 Å². The number of aryl methyl sites for hydroxylation is 2. The number of hydrogen-bond donors (Lipinski definition) is 2. The third-order valence-electron chi connectivity index (χ3n) is 3.34. The molecular formula is C17H18N4O. The molecule has 112 valence electrons. The number of nitrogens with one attached hydrogen (secondary N) is 2. The van der Waals surface area contributed by atoms with Gasteiger partial charge in [-0.1, -0.05) is 17.7 Å². The van der Waals surface area contributed by atoms with Crippen LogP contribution < -0.4 is 10.6 Å². The van der Waals surface area contributed by atoms with Crippen molar-refractivity contribution in [2.24, 2.45) is 0 Å². The molecule has 2 heterocycles. The van der Waals surface area contributed by atoms with Crippen LogP contribution in [0.1, 0.15) is 16.9 Å². The van der Waals surface area contributed by atoms with E-state index >= 15 is 0 Å². The van der Waals surface area contributed by atoms with Gasteiger partial charge in [0.1, 0.15) is 23.7 Å². The fourth-order valence-electron chi connectivity index (χ4n) is 2.21. The molecule has 0 saturated heterocycles. The van der Waals surface area contributed by atoms with Crippen molar-refractivity contribution < 1.29 is 4.42 Å². The van der Waals surface area contributed by atoms with E-state index < -0.39 is 0 Å². The summed E-state index contributed by atoms with van der Waals surface area (Å²) in [7, 11) is 0. The molecule has 2 N–H and O–H groups in total. The molecule has 0 aliphatic carbocycles. The van der Waals surface area contributed by atoms with Crippen LogP contribution in [-0.2, 0) is 6.54 Å². The maximum absolute atomic E-state index is 5.29. The first-order chi connectivity index (χ1) is 10.7. The van der Waals surface area contributed by atoms with E-state index in [9.17, 15) is 0 Å². The first-order valence-corrected chi connectivity index (χ1v) is 7.13. The number of furan rings is 1. The SMILES string of the molecule is Cc1ccc(Nc2cc(NCc3ccco3)ncn2)c(C)c1. The van der Waals surface area contributed by atoms with Gasteiger partial charge in [0, 0.05) is 11.8 Å². The van der Waals surface area contributed by atoms with E-state index in [0.717, 1.165) is 23.1 Å². The van der Waals surface area contributed by atoms with E-state index in [1.807, 2.05) is 18.2 Å². The highest BCUT2D eigenvalue weighted by Crippen LogP contribution is 2.21. The first kappa shape index (κ1) is 14.1. The average Bonchev–Trinajstić information content (AvgIpc) is 3.02. The molecule has 0 radical (unpaired) electrons. The summed E-state index contributed by atoms with van der Waals surface area (Å²) in [4.78, 5) is 8.47. The standard InChI is InChI=1S/C17H18N4O/c1-12-5-6-15(13(2)8-12)21-17-9-16(19-11-20-17)18-10-14-4-3-7-22-14/h3-9,11H,10H2,1-2H3,(H2,18,19,20,21). The molecule has 0 unspecified atom stereocenters. The topological polar surface area (TPSA) is 63.0 Å². The largest absolute Gasteiger partial charge is 0.467 e. The summed E-state index contributed by atoms with van der Waals surface area (Å²) in [6.07, 6.45) is 3.19. The monoisotopic (exact) mass is 294 g/mol. The van der Waals surface area contributed by atoms with Crippen LogP contribution in [0.3, 0.4) is 0 Å². The maximum atomic E-state index is 5.29. The maximum Gasteiger partial charge on any atom is 0.135 e. The zero-order valence-corrected chi connectivity index (χ0v) is 12.6. The van der Waals surface area contributed by atoms with Crippen LogP contribution in [-0.4, -0.2) is 9.97 Å². The lowest BCUT2D eigenvalue weighted by Crippen LogP contribution is -2.03. The van der Waals surface area contributed by atoms with E-state index in [1.54, 1.807) is 6.26 Å². The zero-order chi connectivity index (χ0) is 15.4. The third-order valence-corrected chi connectivity index (χ3v) is 3.34. The smallest absolute Gasteiger partial charge is 0.135 e. The van der Waals surface area contributed by atoms with Crippen LogP contribution in [0.25, 0.3) is 0 Å². The second-order valence-electron chi connectivity index (χ2n) is 5.16. The lowest BCUT2D eigenvalue weighted by Gasteiger charge is -2.10. The van der Waals surface area contributed by atoms with E-state index in [1.165, 1.54) is 17.5 Å². The average molecular weight is 294 g/mol. The van der Waals surface area contributed by atoms with Crippen molar-refractivity contribution in [1.82, 2.24) is 9.97 Å². The number of hydrogen-bond acceptors (Lipinski definition) is 5. The Morgan fingerprint density at radius 3 is 2.68 bits per heavy atom. The molecule has 0 atom stereocenters. The molecule has 3 rings (SSSR count). The summed E-state index contributed by atoms with van der Waals surface area (Å²) < 4.78 is 5.29. The minimum Gasteiger partial charge on any atom is -0.467 e. The van der Waals surface area contributed by atoms with Crippen molar-refractivity contribution in [3.05, 3.63) is 65.9 Å². The van der Waals surface area contributed by atoms with Gasteiger partial charge in [-0.25, -0.2) is 9.97 Å². The van der Waals surface area contributed by atoms with Crippen molar-refractivity contribution in [3.8, 4) is 0 Å². The van der Waals surface area contributed by atoms with Crippen LogP contribution in [0.5, 0.6) is 0 Å². The number of anilines is 3. The molecule has 5 heteroatoms. The van der Waals surface area contributed by atoms with Crippen LogP contribution in [0.15, 0.2) is 53.4 Å². The molecule has 0 bridgehead atoms. The highest BCUT2D eigenvalue weighted by atomic mass is 16.3. The minimum absolute atomic E-state index is 0.590. The van der Waals surface area contributed by atoms with Crippen LogP contribution in [0.2, 0.25) is 0 Å². The Morgan fingerprint density at radius 1 is 1.05 bits per heavy atom. The quantitative estimate of drug-likeness (QED) is 0.743. The van der Waals surface area contributed by atoms with Crippen LogP contribution >= 0.6 is 0 Å². The fraction of sp³-hybridized carbons (Fsp3) is 0.176. The van der Waals surface area contributed by atoms with Gasteiger partial charge in [-0.05, 0) is 37.6 Å². The molecule has 0 aliphatic heterocycles. The van der Waals surface area contributed by atoms with Gasteiger partial charge in [0.05, 0.1) is 12.8 Å². The molecule has 5 nitrogen and oxygen atoms in total. The van der Waals surface area contributed by atoms with Gasteiger partial charge >= 0.3 is 0 Å². The molecule has 0 aliphatic rings. The molecule has 0 saturated carbocycles. The van der Waals surface area contributed by atoms with Gasteiger partial charge in [-0.3, -0.25) is 0 Å². The van der Waals surface area contributed by atoms with E-state index in [4.69, 9.17) is 4.42 Å².